The zero-order chi connectivity index (χ0) is 14.3. The molecule has 1 atom stereocenters. The third kappa shape index (κ3) is 6.39. The molecule has 3 N–H and O–H groups in total. The Bertz CT molecular complexity index is 264. The molecule has 0 saturated heterocycles. The largest absolute Gasteiger partial charge is 0.353 e. The molecule has 1 unspecified atom stereocenters. The highest BCUT2D eigenvalue weighted by atomic mass is 16.1. The molecule has 1 rings (SSSR count). The average molecular weight is 269 g/mol. The van der Waals surface area contributed by atoms with Crippen molar-refractivity contribution in [3.05, 3.63) is 0 Å². The Morgan fingerprint density at radius 1 is 1.37 bits per heavy atom. The van der Waals surface area contributed by atoms with E-state index in [1.807, 2.05) is 0 Å². The van der Waals surface area contributed by atoms with E-state index in [1.165, 1.54) is 19.3 Å². The lowest BCUT2D eigenvalue weighted by atomic mass is 10.1. The van der Waals surface area contributed by atoms with Crippen LogP contribution < -0.4 is 11.1 Å². The lowest BCUT2D eigenvalue weighted by Gasteiger charge is -2.34. The Morgan fingerprint density at radius 2 is 2.05 bits per heavy atom. The zero-order valence-corrected chi connectivity index (χ0v) is 12.8. The molecule has 0 aromatic carbocycles. The van der Waals surface area contributed by atoms with Crippen molar-refractivity contribution >= 4 is 5.91 Å². The molecule has 0 spiro atoms. The number of carbonyl (C=O) groups is 1. The molecule has 1 amide bonds. The van der Waals surface area contributed by atoms with E-state index in [0.717, 1.165) is 19.4 Å². The number of amides is 1. The summed E-state index contributed by atoms with van der Waals surface area (Å²) in [5.74, 6) is 0.166. The Kier molecular flexibility index (Phi) is 7.39. The van der Waals surface area contributed by atoms with Crippen molar-refractivity contribution < 1.29 is 4.79 Å². The third-order valence-electron chi connectivity index (χ3n) is 3.79. The second-order valence-electron chi connectivity index (χ2n) is 5.97. The van der Waals surface area contributed by atoms with Crippen molar-refractivity contribution in [2.45, 2.75) is 77.4 Å². The predicted molar refractivity (Wildman–Crippen MR) is 80.0 cm³/mol. The fraction of sp³-hybridized carbons (Fsp3) is 0.933. The number of unbranched alkanes of at least 4 members (excludes halogenated alkanes) is 2. The van der Waals surface area contributed by atoms with Crippen LogP contribution in [-0.2, 0) is 4.79 Å². The predicted octanol–water partition coefficient (Wildman–Crippen LogP) is 1.88. The van der Waals surface area contributed by atoms with Crippen molar-refractivity contribution in [1.29, 1.82) is 0 Å². The summed E-state index contributed by atoms with van der Waals surface area (Å²) in [5.41, 5.74) is 5.89. The molecule has 0 aliphatic heterocycles. The van der Waals surface area contributed by atoms with Gasteiger partial charge in [0.1, 0.15) is 0 Å². The van der Waals surface area contributed by atoms with Crippen LogP contribution in [0.3, 0.4) is 0 Å². The van der Waals surface area contributed by atoms with Gasteiger partial charge in [-0.1, -0.05) is 19.8 Å². The van der Waals surface area contributed by atoms with Gasteiger partial charge in [0.05, 0.1) is 0 Å². The van der Waals surface area contributed by atoms with E-state index < -0.39 is 0 Å². The van der Waals surface area contributed by atoms with E-state index in [-0.39, 0.29) is 11.9 Å². The van der Waals surface area contributed by atoms with Gasteiger partial charge in [-0.05, 0) is 39.7 Å². The maximum atomic E-state index is 11.9. The molecule has 19 heavy (non-hydrogen) atoms. The first-order valence-electron chi connectivity index (χ1n) is 7.83. The average Bonchev–Trinajstić information content (AvgIpc) is 3.15. The summed E-state index contributed by atoms with van der Waals surface area (Å²) in [6.07, 6.45) is 6.48. The molecule has 0 heterocycles. The van der Waals surface area contributed by atoms with Crippen LogP contribution in [0.4, 0.5) is 0 Å². The maximum absolute atomic E-state index is 11.9. The molecule has 1 fully saturated rings. The van der Waals surface area contributed by atoms with Crippen LogP contribution in [-0.4, -0.2) is 42.0 Å². The number of nitrogens with zero attached hydrogens (tertiary/aromatic N) is 1. The summed E-state index contributed by atoms with van der Waals surface area (Å²) in [6, 6.07) is 1.06. The fourth-order valence-corrected chi connectivity index (χ4v) is 2.47. The second kappa shape index (κ2) is 8.54. The lowest BCUT2D eigenvalue weighted by Crippen LogP contribution is -2.47. The van der Waals surface area contributed by atoms with Gasteiger partial charge in [-0.15, -0.1) is 0 Å². The van der Waals surface area contributed by atoms with E-state index in [4.69, 9.17) is 5.73 Å². The van der Waals surface area contributed by atoms with Gasteiger partial charge >= 0.3 is 0 Å². The van der Waals surface area contributed by atoms with Crippen molar-refractivity contribution in [3.8, 4) is 0 Å². The summed E-state index contributed by atoms with van der Waals surface area (Å²) >= 11 is 0. The van der Waals surface area contributed by atoms with E-state index >= 15 is 0 Å². The number of hydrogen-bond acceptors (Lipinski definition) is 3. The minimum Gasteiger partial charge on any atom is -0.353 e. The van der Waals surface area contributed by atoms with Crippen LogP contribution in [0.5, 0.6) is 0 Å². The molecular formula is C15H31N3O. The Morgan fingerprint density at radius 3 is 2.53 bits per heavy atom. The summed E-state index contributed by atoms with van der Waals surface area (Å²) in [5, 5.41) is 3.06. The molecule has 1 aliphatic carbocycles. The van der Waals surface area contributed by atoms with Gasteiger partial charge in [-0.2, -0.15) is 0 Å². The van der Waals surface area contributed by atoms with Crippen LogP contribution in [0.2, 0.25) is 0 Å². The second-order valence-corrected chi connectivity index (χ2v) is 5.97. The van der Waals surface area contributed by atoms with Crippen molar-refractivity contribution in [2.75, 3.05) is 13.1 Å². The standard InChI is InChI=1S/C15H31N3O/c1-4-5-6-9-18(12(2)3)14(11-16)10-15(19)17-13-7-8-13/h12-14H,4-11,16H2,1-3H3,(H,17,19). The Balaban J connectivity index is 2.43. The molecule has 0 radical (unpaired) electrons. The molecule has 1 aliphatic rings. The minimum atomic E-state index is 0.166. The smallest absolute Gasteiger partial charge is 0.221 e. The highest BCUT2D eigenvalue weighted by molar-refractivity contribution is 5.77. The number of rotatable bonds is 10. The molecule has 1 saturated carbocycles. The van der Waals surface area contributed by atoms with E-state index in [0.29, 0.717) is 25.0 Å². The van der Waals surface area contributed by atoms with Crippen molar-refractivity contribution in [1.82, 2.24) is 10.2 Å². The van der Waals surface area contributed by atoms with Crippen molar-refractivity contribution in [3.63, 3.8) is 0 Å². The summed E-state index contributed by atoms with van der Waals surface area (Å²) in [7, 11) is 0. The van der Waals surface area contributed by atoms with Gasteiger partial charge in [0, 0.05) is 31.1 Å². The first-order chi connectivity index (χ1) is 9.08. The number of hydrogen-bond donors (Lipinski definition) is 2. The van der Waals surface area contributed by atoms with Gasteiger partial charge < -0.3 is 11.1 Å². The molecule has 0 aromatic heterocycles. The van der Waals surface area contributed by atoms with E-state index in [2.05, 4.69) is 31.0 Å². The van der Waals surface area contributed by atoms with E-state index in [9.17, 15) is 4.79 Å². The molecular weight excluding hydrogens is 238 g/mol. The van der Waals surface area contributed by atoms with Crippen LogP contribution in [0, 0.1) is 0 Å². The molecule has 0 aromatic rings. The first-order valence-corrected chi connectivity index (χ1v) is 7.83. The van der Waals surface area contributed by atoms with Crippen LogP contribution in [0.1, 0.15) is 59.3 Å². The molecule has 4 heteroatoms. The maximum Gasteiger partial charge on any atom is 0.221 e. The number of nitrogens with two attached hydrogens (primary N) is 1. The number of carbonyl (C=O) groups excluding carboxylic acids is 1. The summed E-state index contributed by atoms with van der Waals surface area (Å²) in [6.45, 7) is 8.19. The van der Waals surface area contributed by atoms with E-state index in [1.54, 1.807) is 0 Å². The van der Waals surface area contributed by atoms with Gasteiger partial charge in [0.15, 0.2) is 0 Å². The SMILES string of the molecule is CCCCCN(C(C)C)C(CN)CC(=O)NC1CC1. The Hall–Kier alpha value is -0.610. The van der Waals surface area contributed by atoms with Gasteiger partial charge in [0.2, 0.25) is 5.91 Å². The quantitative estimate of drug-likeness (QED) is 0.595. The van der Waals surface area contributed by atoms with Crippen LogP contribution >= 0.6 is 0 Å². The monoisotopic (exact) mass is 269 g/mol. The van der Waals surface area contributed by atoms with Crippen LogP contribution in [0.15, 0.2) is 0 Å². The minimum absolute atomic E-state index is 0.166. The summed E-state index contributed by atoms with van der Waals surface area (Å²) < 4.78 is 0. The Labute approximate surface area is 118 Å². The van der Waals surface area contributed by atoms with Crippen LogP contribution in [0.25, 0.3) is 0 Å². The molecule has 0 bridgehead atoms. The topological polar surface area (TPSA) is 58.4 Å². The lowest BCUT2D eigenvalue weighted by molar-refractivity contribution is -0.122. The van der Waals surface area contributed by atoms with Gasteiger partial charge in [-0.3, -0.25) is 9.69 Å². The van der Waals surface area contributed by atoms with Crippen molar-refractivity contribution in [2.24, 2.45) is 5.73 Å². The zero-order valence-electron chi connectivity index (χ0n) is 12.8. The molecule has 4 nitrogen and oxygen atoms in total. The first kappa shape index (κ1) is 16.4. The normalized spacial score (nSPS) is 16.9. The van der Waals surface area contributed by atoms with Gasteiger partial charge in [0.25, 0.3) is 0 Å². The molecule has 112 valence electrons. The van der Waals surface area contributed by atoms with Gasteiger partial charge in [-0.25, -0.2) is 0 Å². The third-order valence-corrected chi connectivity index (χ3v) is 3.79. The summed E-state index contributed by atoms with van der Waals surface area (Å²) in [4.78, 5) is 14.3. The highest BCUT2D eigenvalue weighted by Crippen LogP contribution is 2.19. The number of nitrogens with one attached hydrogen (secondary N) is 1. The fourth-order valence-electron chi connectivity index (χ4n) is 2.47. The highest BCUT2D eigenvalue weighted by Gasteiger charge is 2.26.